The lowest BCUT2D eigenvalue weighted by molar-refractivity contribution is -0.129. The number of nitrogens with zero attached hydrogens (tertiary/aromatic N) is 1. The van der Waals surface area contributed by atoms with Crippen LogP contribution in [0, 0.1) is 5.41 Å². The number of hydrazone groups is 1. The highest BCUT2D eigenvalue weighted by atomic mass is 32.1. The lowest BCUT2D eigenvalue weighted by atomic mass is 9.85. The first-order valence-electron chi connectivity index (χ1n) is 4.50. The SMILES string of the molecule is CC1(C)CC(c2cccs2)=NNC1=O. The second-order valence-electron chi connectivity index (χ2n) is 4.04. The van der Waals surface area contributed by atoms with Crippen molar-refractivity contribution in [3.63, 3.8) is 0 Å². The summed E-state index contributed by atoms with van der Waals surface area (Å²) in [5.74, 6) is -0.00203. The Kier molecular flexibility index (Phi) is 2.15. The fourth-order valence-corrected chi connectivity index (χ4v) is 2.11. The third-order valence-corrected chi connectivity index (χ3v) is 3.24. The Balaban J connectivity index is 2.29. The fourth-order valence-electron chi connectivity index (χ4n) is 1.39. The van der Waals surface area contributed by atoms with Gasteiger partial charge in [-0.2, -0.15) is 5.10 Å². The van der Waals surface area contributed by atoms with Crippen LogP contribution in [0.2, 0.25) is 0 Å². The van der Waals surface area contributed by atoms with Crippen molar-refractivity contribution < 1.29 is 4.79 Å². The molecule has 3 nitrogen and oxygen atoms in total. The van der Waals surface area contributed by atoms with Crippen LogP contribution in [0.3, 0.4) is 0 Å². The molecular weight excluding hydrogens is 196 g/mol. The maximum absolute atomic E-state index is 11.4. The third-order valence-electron chi connectivity index (χ3n) is 2.32. The van der Waals surface area contributed by atoms with Crippen LogP contribution in [0.15, 0.2) is 22.6 Å². The zero-order chi connectivity index (χ0) is 10.2. The number of nitrogens with one attached hydrogen (secondary N) is 1. The van der Waals surface area contributed by atoms with E-state index in [1.807, 2.05) is 31.4 Å². The Morgan fingerprint density at radius 2 is 2.36 bits per heavy atom. The topological polar surface area (TPSA) is 41.5 Å². The first kappa shape index (κ1) is 9.40. The van der Waals surface area contributed by atoms with Crippen molar-refractivity contribution in [3.8, 4) is 0 Å². The van der Waals surface area contributed by atoms with Gasteiger partial charge >= 0.3 is 0 Å². The summed E-state index contributed by atoms with van der Waals surface area (Å²) in [6.07, 6.45) is 0.708. The number of hydrogen-bond acceptors (Lipinski definition) is 3. The minimum absolute atomic E-state index is 0.00203. The Labute approximate surface area is 86.8 Å². The average Bonchev–Trinajstić information content (AvgIpc) is 2.62. The van der Waals surface area contributed by atoms with Crippen LogP contribution in [-0.2, 0) is 4.79 Å². The molecule has 14 heavy (non-hydrogen) atoms. The van der Waals surface area contributed by atoms with Crippen molar-refractivity contribution in [1.82, 2.24) is 5.43 Å². The molecule has 1 aromatic rings. The number of rotatable bonds is 1. The minimum Gasteiger partial charge on any atom is -0.273 e. The van der Waals surface area contributed by atoms with E-state index in [2.05, 4.69) is 10.5 Å². The molecule has 4 heteroatoms. The molecule has 0 aromatic carbocycles. The molecule has 0 unspecified atom stereocenters. The predicted octanol–water partition coefficient (Wildman–Crippen LogP) is 2.00. The molecule has 74 valence electrons. The Bertz CT molecular complexity index is 379. The van der Waals surface area contributed by atoms with Crippen molar-refractivity contribution >= 4 is 23.0 Å². The van der Waals surface area contributed by atoms with Gasteiger partial charge in [0, 0.05) is 6.42 Å². The first-order valence-corrected chi connectivity index (χ1v) is 5.38. The van der Waals surface area contributed by atoms with Crippen LogP contribution < -0.4 is 5.43 Å². The van der Waals surface area contributed by atoms with E-state index in [1.54, 1.807) is 11.3 Å². The molecule has 0 atom stereocenters. The molecule has 0 spiro atoms. The van der Waals surface area contributed by atoms with Crippen LogP contribution in [0.4, 0.5) is 0 Å². The zero-order valence-corrected chi connectivity index (χ0v) is 9.02. The van der Waals surface area contributed by atoms with E-state index < -0.39 is 0 Å². The van der Waals surface area contributed by atoms with E-state index in [1.165, 1.54) is 0 Å². The van der Waals surface area contributed by atoms with E-state index in [-0.39, 0.29) is 11.3 Å². The van der Waals surface area contributed by atoms with Gasteiger partial charge in [0.05, 0.1) is 16.0 Å². The van der Waals surface area contributed by atoms with Crippen molar-refractivity contribution in [3.05, 3.63) is 22.4 Å². The second kappa shape index (κ2) is 3.20. The molecule has 1 aromatic heterocycles. The lowest BCUT2D eigenvalue weighted by Gasteiger charge is -2.26. The highest BCUT2D eigenvalue weighted by Gasteiger charge is 2.33. The van der Waals surface area contributed by atoms with Crippen molar-refractivity contribution in [1.29, 1.82) is 0 Å². The summed E-state index contributed by atoms with van der Waals surface area (Å²) in [4.78, 5) is 12.6. The Morgan fingerprint density at radius 3 is 2.93 bits per heavy atom. The second-order valence-corrected chi connectivity index (χ2v) is 4.99. The molecule has 2 rings (SSSR count). The maximum atomic E-state index is 11.4. The number of carbonyl (C=O) groups excluding carboxylic acids is 1. The highest BCUT2D eigenvalue weighted by Crippen LogP contribution is 2.27. The average molecular weight is 208 g/mol. The largest absolute Gasteiger partial charge is 0.273 e. The number of thiophene rings is 1. The minimum atomic E-state index is -0.346. The molecule has 0 fully saturated rings. The molecule has 0 bridgehead atoms. The predicted molar refractivity (Wildman–Crippen MR) is 57.4 cm³/mol. The summed E-state index contributed by atoms with van der Waals surface area (Å²) >= 11 is 1.65. The molecular formula is C10H12N2OS. The normalized spacial score (nSPS) is 20.1. The lowest BCUT2D eigenvalue weighted by Crippen LogP contribution is -2.40. The monoisotopic (exact) mass is 208 g/mol. The molecule has 1 N–H and O–H groups in total. The number of carbonyl (C=O) groups is 1. The third kappa shape index (κ3) is 1.57. The zero-order valence-electron chi connectivity index (χ0n) is 8.20. The standard InChI is InChI=1S/C10H12N2OS/c1-10(2)6-7(11-12-9(10)13)8-4-3-5-14-8/h3-5H,6H2,1-2H3,(H,12,13). The van der Waals surface area contributed by atoms with Gasteiger partial charge in [-0.05, 0) is 11.4 Å². The van der Waals surface area contributed by atoms with Gasteiger partial charge in [0.2, 0.25) is 5.91 Å². The summed E-state index contributed by atoms with van der Waals surface area (Å²) in [6, 6.07) is 4.02. The van der Waals surface area contributed by atoms with Gasteiger partial charge in [-0.1, -0.05) is 19.9 Å². The van der Waals surface area contributed by atoms with Crippen molar-refractivity contribution in [2.45, 2.75) is 20.3 Å². The highest BCUT2D eigenvalue weighted by molar-refractivity contribution is 7.12. The first-order chi connectivity index (χ1) is 6.59. The van der Waals surface area contributed by atoms with Crippen LogP contribution >= 0.6 is 11.3 Å². The number of amides is 1. The van der Waals surface area contributed by atoms with E-state index >= 15 is 0 Å². The quantitative estimate of drug-likeness (QED) is 0.753. The summed E-state index contributed by atoms with van der Waals surface area (Å²) < 4.78 is 0. The van der Waals surface area contributed by atoms with Gasteiger partial charge in [0.25, 0.3) is 0 Å². The summed E-state index contributed by atoms with van der Waals surface area (Å²) in [5.41, 5.74) is 3.20. The maximum Gasteiger partial charge on any atom is 0.246 e. The molecule has 0 saturated heterocycles. The molecule has 0 saturated carbocycles. The van der Waals surface area contributed by atoms with Gasteiger partial charge in [-0.25, -0.2) is 5.43 Å². The van der Waals surface area contributed by atoms with Crippen LogP contribution in [0.1, 0.15) is 25.1 Å². The fraction of sp³-hybridized carbons (Fsp3) is 0.400. The Morgan fingerprint density at radius 1 is 1.57 bits per heavy atom. The molecule has 0 aliphatic carbocycles. The number of hydrogen-bond donors (Lipinski definition) is 1. The van der Waals surface area contributed by atoms with Gasteiger partial charge in [-0.15, -0.1) is 11.3 Å². The van der Waals surface area contributed by atoms with Gasteiger partial charge in [-0.3, -0.25) is 4.79 Å². The molecule has 2 heterocycles. The van der Waals surface area contributed by atoms with Crippen LogP contribution in [0.5, 0.6) is 0 Å². The van der Waals surface area contributed by atoms with Crippen LogP contribution in [-0.4, -0.2) is 11.6 Å². The van der Waals surface area contributed by atoms with E-state index in [0.29, 0.717) is 6.42 Å². The summed E-state index contributed by atoms with van der Waals surface area (Å²) in [7, 11) is 0. The van der Waals surface area contributed by atoms with E-state index in [4.69, 9.17) is 0 Å². The van der Waals surface area contributed by atoms with Gasteiger partial charge < -0.3 is 0 Å². The summed E-state index contributed by atoms with van der Waals surface area (Å²) in [6.45, 7) is 3.87. The van der Waals surface area contributed by atoms with Crippen LogP contribution in [0.25, 0.3) is 0 Å². The molecule has 1 amide bonds. The van der Waals surface area contributed by atoms with E-state index in [0.717, 1.165) is 10.6 Å². The van der Waals surface area contributed by atoms with E-state index in [9.17, 15) is 4.79 Å². The summed E-state index contributed by atoms with van der Waals surface area (Å²) in [5, 5.41) is 6.09. The van der Waals surface area contributed by atoms with Gasteiger partial charge in [0.1, 0.15) is 0 Å². The molecule has 1 aliphatic heterocycles. The smallest absolute Gasteiger partial charge is 0.246 e. The van der Waals surface area contributed by atoms with Crippen molar-refractivity contribution in [2.75, 3.05) is 0 Å². The van der Waals surface area contributed by atoms with Crippen molar-refractivity contribution in [2.24, 2.45) is 10.5 Å². The Hall–Kier alpha value is -1.16. The molecule has 0 radical (unpaired) electrons. The van der Waals surface area contributed by atoms with Gasteiger partial charge in [0.15, 0.2) is 0 Å². The molecule has 1 aliphatic rings.